The molecule has 1 aliphatic carbocycles. The van der Waals surface area contributed by atoms with Crippen LogP contribution in [0.4, 0.5) is 0 Å². The Kier molecular flexibility index (Phi) is 5.42. The maximum atomic E-state index is 12.4. The number of Topliss-reactive ketones (excluding diaryl/α,β-unsaturated/α-hetero) is 1. The first-order valence-corrected chi connectivity index (χ1v) is 8.45. The average Bonchev–Trinajstić information content (AvgIpc) is 2.75. The van der Waals surface area contributed by atoms with Crippen molar-refractivity contribution < 1.29 is 14.7 Å². The number of aliphatic hydroxyl groups is 1. The van der Waals surface area contributed by atoms with Crippen LogP contribution in [-0.4, -0.2) is 34.5 Å². The lowest BCUT2D eigenvalue weighted by atomic mass is 9.79. The number of hydrogen-bond acceptors (Lipinski definition) is 3. The van der Waals surface area contributed by atoms with Crippen molar-refractivity contribution >= 4 is 11.7 Å². The summed E-state index contributed by atoms with van der Waals surface area (Å²) >= 11 is 0. The number of ketones is 1. The molecule has 1 heterocycles. The molecule has 4 nitrogen and oxygen atoms in total. The fourth-order valence-electron chi connectivity index (χ4n) is 3.82. The quantitative estimate of drug-likeness (QED) is 0.848. The minimum Gasteiger partial charge on any atom is -0.373 e. The van der Waals surface area contributed by atoms with Crippen LogP contribution in [-0.2, 0) is 9.59 Å². The summed E-state index contributed by atoms with van der Waals surface area (Å²) in [4.78, 5) is 25.8. The number of hydrogen-bond donors (Lipinski definition) is 1. The van der Waals surface area contributed by atoms with Crippen LogP contribution in [0.25, 0.3) is 0 Å². The Hall–Kier alpha value is -0.900. The third-order valence-corrected chi connectivity index (χ3v) is 5.33. The molecule has 0 aromatic rings. The van der Waals surface area contributed by atoms with Crippen LogP contribution >= 0.6 is 0 Å². The minimum absolute atomic E-state index is 0.0296. The van der Waals surface area contributed by atoms with Gasteiger partial charge in [0.25, 0.3) is 0 Å². The summed E-state index contributed by atoms with van der Waals surface area (Å²) in [5, 5.41) is 10.1. The Morgan fingerprint density at radius 2 is 1.90 bits per heavy atom. The number of carbonyl (C=O) groups excluding carboxylic acids is 2. The van der Waals surface area contributed by atoms with E-state index in [4.69, 9.17) is 0 Å². The molecular weight excluding hydrogens is 266 g/mol. The van der Waals surface area contributed by atoms with Gasteiger partial charge in [0, 0.05) is 31.2 Å². The summed E-state index contributed by atoms with van der Waals surface area (Å²) in [5.74, 6) is 1.42. The van der Waals surface area contributed by atoms with Gasteiger partial charge < -0.3 is 10.0 Å². The van der Waals surface area contributed by atoms with E-state index in [1.807, 2.05) is 20.8 Å². The number of nitrogens with zero attached hydrogens (tertiary/aromatic N) is 1. The highest BCUT2D eigenvalue weighted by atomic mass is 16.3. The first-order valence-electron chi connectivity index (χ1n) is 8.45. The smallest absolute Gasteiger partial charge is 0.228 e. The maximum Gasteiger partial charge on any atom is 0.228 e. The maximum absolute atomic E-state index is 12.4. The summed E-state index contributed by atoms with van der Waals surface area (Å²) in [6.45, 7) is 6.68. The summed E-state index contributed by atoms with van der Waals surface area (Å²) < 4.78 is 0. The van der Waals surface area contributed by atoms with E-state index in [0.717, 1.165) is 25.7 Å². The van der Waals surface area contributed by atoms with Gasteiger partial charge in [-0.1, -0.05) is 20.8 Å². The molecule has 0 aromatic carbocycles. The number of amides is 1. The Morgan fingerprint density at radius 1 is 1.29 bits per heavy atom. The Labute approximate surface area is 127 Å². The summed E-state index contributed by atoms with van der Waals surface area (Å²) in [5.41, 5.74) is 0. The molecule has 0 aromatic heterocycles. The molecule has 0 bridgehead atoms. The lowest BCUT2D eigenvalue weighted by molar-refractivity contribution is -0.137. The summed E-state index contributed by atoms with van der Waals surface area (Å²) in [6.07, 6.45) is 4.49. The number of likely N-dealkylation sites (tertiary alicyclic amines) is 1. The zero-order valence-corrected chi connectivity index (χ0v) is 13.5. The SMILES string of the molecule is CCC(=O)C1CCC(CN2C(=O)C(C(C)C)CC2O)CC1. The third kappa shape index (κ3) is 3.65. The minimum atomic E-state index is -0.611. The van der Waals surface area contributed by atoms with Gasteiger partial charge in [0.15, 0.2) is 0 Å². The molecule has 4 heteroatoms. The van der Waals surface area contributed by atoms with Gasteiger partial charge >= 0.3 is 0 Å². The molecule has 2 aliphatic rings. The first-order chi connectivity index (χ1) is 9.93. The molecule has 2 fully saturated rings. The van der Waals surface area contributed by atoms with E-state index in [1.165, 1.54) is 0 Å². The second-order valence-electron chi connectivity index (χ2n) is 7.09. The van der Waals surface area contributed by atoms with Crippen molar-refractivity contribution in [2.45, 2.75) is 65.5 Å². The van der Waals surface area contributed by atoms with Crippen molar-refractivity contribution in [2.75, 3.05) is 6.54 Å². The van der Waals surface area contributed by atoms with Gasteiger partial charge in [-0.05, 0) is 37.5 Å². The van der Waals surface area contributed by atoms with Crippen molar-refractivity contribution in [2.24, 2.45) is 23.7 Å². The van der Waals surface area contributed by atoms with E-state index >= 15 is 0 Å². The second kappa shape index (κ2) is 6.91. The van der Waals surface area contributed by atoms with E-state index in [2.05, 4.69) is 0 Å². The van der Waals surface area contributed by atoms with Crippen LogP contribution in [0.15, 0.2) is 0 Å². The second-order valence-corrected chi connectivity index (χ2v) is 7.09. The molecule has 1 saturated heterocycles. The Morgan fingerprint density at radius 3 is 2.38 bits per heavy atom. The molecule has 2 rings (SSSR count). The zero-order valence-electron chi connectivity index (χ0n) is 13.5. The normalized spacial score (nSPS) is 33.8. The summed E-state index contributed by atoms with van der Waals surface area (Å²) in [7, 11) is 0. The van der Waals surface area contributed by atoms with E-state index < -0.39 is 6.23 Å². The molecular formula is C17H29NO3. The van der Waals surface area contributed by atoms with Gasteiger partial charge in [0.2, 0.25) is 5.91 Å². The predicted molar refractivity (Wildman–Crippen MR) is 81.4 cm³/mol. The van der Waals surface area contributed by atoms with Crippen molar-refractivity contribution in [3.8, 4) is 0 Å². The van der Waals surface area contributed by atoms with Gasteiger partial charge in [-0.2, -0.15) is 0 Å². The number of carbonyl (C=O) groups is 2. The molecule has 120 valence electrons. The third-order valence-electron chi connectivity index (χ3n) is 5.33. The molecule has 21 heavy (non-hydrogen) atoms. The molecule has 1 N–H and O–H groups in total. The van der Waals surface area contributed by atoms with Gasteiger partial charge in [0.05, 0.1) is 0 Å². The zero-order chi connectivity index (χ0) is 15.6. The fraction of sp³-hybridized carbons (Fsp3) is 0.882. The molecule has 1 saturated carbocycles. The highest BCUT2D eigenvalue weighted by molar-refractivity contribution is 5.81. The van der Waals surface area contributed by atoms with Gasteiger partial charge in [-0.15, -0.1) is 0 Å². The van der Waals surface area contributed by atoms with Crippen molar-refractivity contribution in [3.05, 3.63) is 0 Å². The molecule has 1 aliphatic heterocycles. The Bertz CT molecular complexity index is 385. The van der Waals surface area contributed by atoms with Gasteiger partial charge in [-0.3, -0.25) is 9.59 Å². The Balaban J connectivity index is 1.86. The molecule has 0 radical (unpaired) electrons. The predicted octanol–water partition coefficient (Wildman–Crippen LogP) is 2.59. The topological polar surface area (TPSA) is 57.6 Å². The van der Waals surface area contributed by atoms with Crippen molar-refractivity contribution in [1.29, 1.82) is 0 Å². The lowest BCUT2D eigenvalue weighted by Gasteiger charge is -2.32. The van der Waals surface area contributed by atoms with E-state index in [0.29, 0.717) is 31.1 Å². The largest absolute Gasteiger partial charge is 0.373 e. The lowest BCUT2D eigenvalue weighted by Crippen LogP contribution is -2.39. The van der Waals surface area contributed by atoms with Crippen LogP contribution in [0.3, 0.4) is 0 Å². The molecule has 1 amide bonds. The van der Waals surface area contributed by atoms with Crippen molar-refractivity contribution in [3.63, 3.8) is 0 Å². The fourth-order valence-corrected chi connectivity index (χ4v) is 3.82. The van der Waals surface area contributed by atoms with Crippen LogP contribution in [0.1, 0.15) is 59.3 Å². The monoisotopic (exact) mass is 295 g/mol. The average molecular weight is 295 g/mol. The van der Waals surface area contributed by atoms with Gasteiger partial charge in [-0.25, -0.2) is 0 Å². The summed E-state index contributed by atoms with van der Waals surface area (Å²) in [6, 6.07) is 0. The van der Waals surface area contributed by atoms with Crippen LogP contribution in [0, 0.1) is 23.7 Å². The van der Waals surface area contributed by atoms with E-state index in [-0.39, 0.29) is 23.7 Å². The molecule has 2 atom stereocenters. The molecule has 0 spiro atoms. The van der Waals surface area contributed by atoms with Crippen LogP contribution in [0.5, 0.6) is 0 Å². The standard InChI is InChI=1S/C17H29NO3/c1-4-15(19)13-7-5-12(6-8-13)10-18-16(20)9-14(11(2)3)17(18)21/h11-14,16,20H,4-10H2,1-3H3. The van der Waals surface area contributed by atoms with Crippen LogP contribution < -0.4 is 0 Å². The number of rotatable bonds is 5. The van der Waals surface area contributed by atoms with Gasteiger partial charge in [0.1, 0.15) is 12.0 Å². The first kappa shape index (κ1) is 16.5. The van der Waals surface area contributed by atoms with E-state index in [9.17, 15) is 14.7 Å². The number of aliphatic hydroxyl groups excluding tert-OH is 1. The van der Waals surface area contributed by atoms with Crippen LogP contribution in [0.2, 0.25) is 0 Å². The van der Waals surface area contributed by atoms with E-state index in [1.54, 1.807) is 4.90 Å². The van der Waals surface area contributed by atoms with Crippen molar-refractivity contribution in [1.82, 2.24) is 4.90 Å². The molecule has 2 unspecified atom stereocenters. The highest BCUT2D eigenvalue weighted by Gasteiger charge is 2.41. The highest BCUT2D eigenvalue weighted by Crippen LogP contribution is 2.34.